The summed E-state index contributed by atoms with van der Waals surface area (Å²) in [6.07, 6.45) is -5.13. The van der Waals surface area contributed by atoms with E-state index in [9.17, 15) is 24.1 Å². The second-order valence-corrected chi connectivity index (χ2v) is 9.15. The molecular weight excluding hydrogens is 477 g/mol. The lowest BCUT2D eigenvalue weighted by Gasteiger charge is -2.29. The molecule has 15 heteroatoms. The number of rotatable bonds is 13. The predicted molar refractivity (Wildman–Crippen MR) is 120 cm³/mol. The topological polar surface area (TPSA) is 186 Å². The number of nitrogens with two attached hydrogens (primary N) is 1. The highest BCUT2D eigenvalue weighted by atomic mass is 31.2. The third kappa shape index (κ3) is 11.0. The molecule has 0 aromatic heterocycles. The first-order chi connectivity index (χ1) is 15.7. The highest BCUT2D eigenvalue weighted by molar-refractivity contribution is 7.52. The molecule has 0 spiro atoms. The van der Waals surface area contributed by atoms with Gasteiger partial charge in [-0.05, 0) is 20.8 Å². The van der Waals surface area contributed by atoms with Crippen LogP contribution in [0.4, 0.5) is 9.59 Å². The molecular formula is C19H36N3O11P. The summed E-state index contributed by atoms with van der Waals surface area (Å²) in [5.41, 5.74) is 5.86. The first kappa shape index (κ1) is 31.4. The number of carboxylic acid groups (broad SMARTS) is 1. The van der Waals surface area contributed by atoms with Crippen LogP contribution in [0, 0.1) is 11.8 Å². The van der Waals surface area contributed by atoms with Crippen molar-refractivity contribution in [2.45, 2.75) is 67.1 Å². The third-order valence-corrected chi connectivity index (χ3v) is 5.43. The molecule has 0 bridgehead atoms. The molecule has 0 aromatic carbocycles. The summed E-state index contributed by atoms with van der Waals surface area (Å²) >= 11 is 0. The maximum atomic E-state index is 13.7. The largest absolute Gasteiger partial charge is 0.510 e. The lowest BCUT2D eigenvalue weighted by Crippen LogP contribution is -2.44. The average Bonchev–Trinajstić information content (AvgIpc) is 2.71. The quantitative estimate of drug-likeness (QED) is 0.120. The molecule has 0 rings (SSSR count). The third-order valence-electron chi connectivity index (χ3n) is 4.04. The number of likely N-dealkylation sites (N-methyl/N-ethyl adjacent to an activating group) is 1. The van der Waals surface area contributed by atoms with Gasteiger partial charge in [0.1, 0.15) is 6.04 Å². The Morgan fingerprint density at radius 1 is 0.912 bits per heavy atom. The summed E-state index contributed by atoms with van der Waals surface area (Å²) in [4.78, 5) is 35.9. The van der Waals surface area contributed by atoms with E-state index in [0.29, 0.717) is 0 Å². The lowest BCUT2D eigenvalue weighted by molar-refractivity contribution is -0.141. The van der Waals surface area contributed by atoms with Gasteiger partial charge in [0, 0.05) is 18.9 Å². The molecule has 0 saturated carbocycles. The summed E-state index contributed by atoms with van der Waals surface area (Å²) in [6, 6.07) is -1.15. The number of nitrogens with zero attached hydrogens (tertiary/aromatic N) is 2. The van der Waals surface area contributed by atoms with Gasteiger partial charge in [0.2, 0.25) is 18.5 Å². The van der Waals surface area contributed by atoms with Crippen LogP contribution in [0.25, 0.3) is 0 Å². The minimum Gasteiger partial charge on any atom is -0.480 e. The van der Waals surface area contributed by atoms with E-state index in [1.807, 2.05) is 0 Å². The van der Waals surface area contributed by atoms with Crippen LogP contribution in [0.2, 0.25) is 0 Å². The Labute approximate surface area is 199 Å². The van der Waals surface area contributed by atoms with Crippen molar-refractivity contribution < 1.29 is 52.1 Å². The molecule has 0 amide bonds. The van der Waals surface area contributed by atoms with E-state index in [4.69, 9.17) is 33.7 Å². The van der Waals surface area contributed by atoms with Gasteiger partial charge in [0.25, 0.3) is 0 Å². The van der Waals surface area contributed by atoms with Gasteiger partial charge in [-0.25, -0.2) is 28.0 Å². The summed E-state index contributed by atoms with van der Waals surface area (Å²) in [5.74, 6) is -2.86. The second kappa shape index (κ2) is 14.6. The molecule has 0 aliphatic rings. The Kier molecular flexibility index (Phi) is 13.5. The number of carbonyl (C=O) groups excluding carboxylic acids is 2. The summed E-state index contributed by atoms with van der Waals surface area (Å²) < 4.78 is 47.9. The molecule has 14 nitrogen and oxygen atoms in total. The fraction of sp³-hybridized carbons (Fsp3) is 0.789. The number of hydrogen-bond donors (Lipinski definition) is 2. The smallest absolute Gasteiger partial charge is 0.480 e. The summed E-state index contributed by atoms with van der Waals surface area (Å²) in [7, 11) is -3.41. The zero-order valence-corrected chi connectivity index (χ0v) is 21.6. The normalized spacial score (nSPS) is 16.2. The number of aliphatic carboxylic acids is 1. The van der Waals surface area contributed by atoms with Crippen molar-refractivity contribution in [3.8, 4) is 0 Å². The van der Waals surface area contributed by atoms with E-state index in [0.717, 1.165) is 4.90 Å². The Morgan fingerprint density at radius 3 is 1.59 bits per heavy atom. The highest BCUT2D eigenvalue weighted by Gasteiger charge is 2.39. The second-order valence-electron chi connectivity index (χ2n) is 7.59. The van der Waals surface area contributed by atoms with E-state index in [-0.39, 0.29) is 13.2 Å². The first-order valence-electron chi connectivity index (χ1n) is 10.6. The van der Waals surface area contributed by atoms with Crippen LogP contribution in [0.3, 0.4) is 0 Å². The van der Waals surface area contributed by atoms with Crippen LogP contribution in [-0.4, -0.2) is 73.1 Å². The molecule has 3 unspecified atom stereocenters. The Bertz CT molecular complexity index is 722. The van der Waals surface area contributed by atoms with Crippen LogP contribution in [0.15, 0.2) is 4.76 Å². The predicted octanol–water partition coefficient (Wildman–Crippen LogP) is 3.16. The zero-order chi connectivity index (χ0) is 26.6. The molecule has 0 radical (unpaired) electrons. The number of hydrogen-bond acceptors (Lipinski definition) is 10. The van der Waals surface area contributed by atoms with Gasteiger partial charge in [-0.2, -0.15) is 0 Å². The molecule has 0 saturated heterocycles. The summed E-state index contributed by atoms with van der Waals surface area (Å²) in [6.45, 7) is 10.8. The van der Waals surface area contributed by atoms with Crippen molar-refractivity contribution in [2.24, 2.45) is 22.3 Å². The Morgan fingerprint density at radius 2 is 1.29 bits per heavy atom. The van der Waals surface area contributed by atoms with Crippen molar-refractivity contribution in [3.63, 3.8) is 0 Å². The van der Waals surface area contributed by atoms with Crippen LogP contribution in [-0.2, 0) is 37.4 Å². The van der Waals surface area contributed by atoms with Crippen molar-refractivity contribution >= 4 is 32.0 Å². The minimum atomic E-state index is -4.71. The molecule has 0 aromatic rings. The monoisotopic (exact) mass is 513 g/mol. The van der Waals surface area contributed by atoms with Gasteiger partial charge in [-0.1, -0.05) is 27.7 Å². The molecule has 0 heterocycles. The summed E-state index contributed by atoms with van der Waals surface area (Å²) in [5, 5.41) is 9.21. The maximum Gasteiger partial charge on any atom is 0.510 e. The lowest BCUT2D eigenvalue weighted by atomic mass is 10.2. The number of ether oxygens (including phenoxy) is 4. The molecule has 0 aliphatic carbocycles. The van der Waals surface area contributed by atoms with Crippen LogP contribution in [0.1, 0.15) is 48.5 Å². The molecule has 198 valence electrons. The van der Waals surface area contributed by atoms with Gasteiger partial charge in [0.05, 0.1) is 13.2 Å². The fourth-order valence-corrected chi connectivity index (χ4v) is 3.58. The molecule has 3 N–H and O–H groups in total. The molecule has 34 heavy (non-hydrogen) atoms. The standard InChI is InChI=1S/C19H36N3O11P/c1-9-28-18(25)30-15(11(3)4)32-34(27,21-17(20)22(8)13(7)14(23)24)33-16(12(5)6)31-19(26)29-10-2/h11-13,15-16H,9-10H2,1-8H3,(H,23,24)(H2,20,21,27). The van der Waals surface area contributed by atoms with E-state index in [1.54, 1.807) is 41.5 Å². The van der Waals surface area contributed by atoms with Crippen molar-refractivity contribution in [3.05, 3.63) is 0 Å². The SMILES string of the molecule is CCOC(=O)OC(OP(=O)(N=C(N)N(C)C(C)C(=O)O)OC(OC(=O)OCC)C(C)C)C(C)C. The van der Waals surface area contributed by atoms with Crippen LogP contribution in [0.5, 0.6) is 0 Å². The van der Waals surface area contributed by atoms with Crippen molar-refractivity contribution in [2.75, 3.05) is 20.3 Å². The molecule has 3 atom stereocenters. The van der Waals surface area contributed by atoms with Crippen molar-refractivity contribution in [1.29, 1.82) is 0 Å². The minimum absolute atomic E-state index is 0.0174. The van der Waals surface area contributed by atoms with E-state index >= 15 is 0 Å². The van der Waals surface area contributed by atoms with Gasteiger partial charge in [-0.15, -0.1) is 4.76 Å². The van der Waals surface area contributed by atoms with Gasteiger partial charge < -0.3 is 34.7 Å². The molecule has 0 aliphatic heterocycles. The number of carbonyl (C=O) groups is 3. The zero-order valence-electron chi connectivity index (χ0n) is 20.7. The van der Waals surface area contributed by atoms with Crippen LogP contribution < -0.4 is 5.73 Å². The van der Waals surface area contributed by atoms with Gasteiger partial charge in [-0.3, -0.25) is 0 Å². The highest BCUT2D eigenvalue weighted by Crippen LogP contribution is 2.54. The molecule has 0 fully saturated rings. The number of carboxylic acids is 1. The van der Waals surface area contributed by atoms with Gasteiger partial charge in [0.15, 0.2) is 0 Å². The average molecular weight is 513 g/mol. The Balaban J connectivity index is 6.21. The fourth-order valence-electron chi connectivity index (χ4n) is 1.95. The first-order valence-corrected chi connectivity index (χ1v) is 12.1. The number of guanidine groups is 1. The van der Waals surface area contributed by atoms with Crippen molar-refractivity contribution in [1.82, 2.24) is 4.90 Å². The van der Waals surface area contributed by atoms with Gasteiger partial charge >= 0.3 is 26.0 Å². The van der Waals surface area contributed by atoms with E-state index < -0.39 is 62.4 Å². The van der Waals surface area contributed by atoms with E-state index in [1.165, 1.54) is 14.0 Å². The maximum absolute atomic E-state index is 13.7. The Hall–Kier alpha value is -2.57. The van der Waals surface area contributed by atoms with Crippen LogP contribution >= 0.6 is 7.75 Å². The van der Waals surface area contributed by atoms with E-state index in [2.05, 4.69) is 4.76 Å².